The predicted molar refractivity (Wildman–Crippen MR) is 79.9 cm³/mol. The first-order valence-corrected chi connectivity index (χ1v) is 8.53. The first kappa shape index (κ1) is 13.6. The van der Waals surface area contributed by atoms with E-state index >= 15 is 0 Å². The van der Waals surface area contributed by atoms with Crippen LogP contribution in [0.3, 0.4) is 0 Å². The topological polar surface area (TPSA) is 3.24 Å². The first-order chi connectivity index (χ1) is 8.20. The highest BCUT2D eigenvalue weighted by atomic mass is 79.9. The summed E-state index contributed by atoms with van der Waals surface area (Å²) in [6.07, 6.45) is 2.80. The minimum absolute atomic E-state index is 0.763. The van der Waals surface area contributed by atoms with Gasteiger partial charge in [0.25, 0.3) is 0 Å². The number of hydrogen-bond acceptors (Lipinski definition) is 2. The molecule has 1 aromatic rings. The molecule has 0 bridgehead atoms. The molecule has 0 amide bonds. The van der Waals surface area contributed by atoms with Crippen molar-refractivity contribution in [3.63, 3.8) is 0 Å². The van der Waals surface area contributed by atoms with Crippen molar-refractivity contribution in [2.24, 2.45) is 11.8 Å². The Bertz CT molecular complexity index is 319. The molecule has 1 atom stereocenters. The van der Waals surface area contributed by atoms with E-state index in [-0.39, 0.29) is 0 Å². The van der Waals surface area contributed by atoms with Gasteiger partial charge in [-0.2, -0.15) is 0 Å². The van der Waals surface area contributed by atoms with E-state index < -0.39 is 0 Å². The molecule has 0 radical (unpaired) electrons. The summed E-state index contributed by atoms with van der Waals surface area (Å²) >= 11 is 5.55. The van der Waals surface area contributed by atoms with Crippen LogP contribution in [0.4, 0.5) is 0 Å². The van der Waals surface area contributed by atoms with Gasteiger partial charge in [-0.15, -0.1) is 11.3 Å². The van der Waals surface area contributed by atoms with Crippen LogP contribution in [0, 0.1) is 11.8 Å². The van der Waals surface area contributed by atoms with Crippen molar-refractivity contribution in [2.75, 3.05) is 11.9 Å². The predicted octanol–water partition coefficient (Wildman–Crippen LogP) is 4.38. The molecule has 1 aliphatic carbocycles. The number of thiophene rings is 1. The van der Waals surface area contributed by atoms with E-state index in [1.165, 1.54) is 24.3 Å². The zero-order chi connectivity index (χ0) is 12.3. The van der Waals surface area contributed by atoms with Gasteiger partial charge < -0.3 is 0 Å². The monoisotopic (exact) mass is 315 g/mol. The lowest BCUT2D eigenvalue weighted by Gasteiger charge is -2.28. The standard InChI is InChI=1S/C14H22BrNS/c1-11(2)12(8-15)9-16(13-5-6-13)10-14-4-3-7-17-14/h3-4,7,11-13H,5-6,8-10H2,1-2H3. The van der Waals surface area contributed by atoms with Crippen molar-refractivity contribution >= 4 is 27.3 Å². The molecule has 0 spiro atoms. The number of alkyl halides is 1. The number of nitrogens with zero attached hydrogens (tertiary/aromatic N) is 1. The van der Waals surface area contributed by atoms with Crippen LogP contribution in [-0.4, -0.2) is 22.8 Å². The Labute approximate surface area is 117 Å². The maximum absolute atomic E-state index is 3.67. The minimum Gasteiger partial charge on any atom is -0.295 e. The van der Waals surface area contributed by atoms with E-state index in [1.807, 2.05) is 11.3 Å². The molecule has 1 unspecified atom stereocenters. The Hall–Kier alpha value is 0.140. The molecule has 1 nitrogen and oxygen atoms in total. The van der Waals surface area contributed by atoms with Crippen molar-refractivity contribution in [1.82, 2.24) is 4.90 Å². The van der Waals surface area contributed by atoms with Gasteiger partial charge in [0.1, 0.15) is 0 Å². The fourth-order valence-corrected chi connectivity index (χ4v) is 3.81. The van der Waals surface area contributed by atoms with Crippen molar-refractivity contribution in [3.05, 3.63) is 22.4 Å². The van der Waals surface area contributed by atoms with Crippen molar-refractivity contribution in [1.29, 1.82) is 0 Å². The van der Waals surface area contributed by atoms with Crippen molar-refractivity contribution in [3.8, 4) is 0 Å². The Morgan fingerprint density at radius 2 is 2.24 bits per heavy atom. The SMILES string of the molecule is CC(C)C(CBr)CN(Cc1cccs1)C1CC1. The summed E-state index contributed by atoms with van der Waals surface area (Å²) in [6, 6.07) is 5.28. The molecular weight excluding hydrogens is 294 g/mol. The average molecular weight is 316 g/mol. The molecule has 1 aromatic heterocycles. The molecule has 2 rings (SSSR count). The molecule has 1 saturated carbocycles. The molecule has 0 aliphatic heterocycles. The summed E-state index contributed by atoms with van der Waals surface area (Å²) in [4.78, 5) is 4.20. The summed E-state index contributed by atoms with van der Waals surface area (Å²) in [7, 11) is 0. The zero-order valence-corrected chi connectivity index (χ0v) is 13.1. The van der Waals surface area contributed by atoms with Gasteiger partial charge in [0, 0.05) is 29.3 Å². The van der Waals surface area contributed by atoms with Crippen molar-refractivity contribution < 1.29 is 0 Å². The first-order valence-electron chi connectivity index (χ1n) is 6.53. The summed E-state index contributed by atoms with van der Waals surface area (Å²) in [5, 5.41) is 3.31. The van der Waals surface area contributed by atoms with E-state index in [4.69, 9.17) is 0 Å². The quantitative estimate of drug-likeness (QED) is 0.675. The second kappa shape index (κ2) is 6.35. The Morgan fingerprint density at radius 1 is 1.47 bits per heavy atom. The zero-order valence-electron chi connectivity index (χ0n) is 10.7. The van der Waals surface area contributed by atoms with Crippen LogP contribution < -0.4 is 0 Å². The molecule has 0 aromatic carbocycles. The van der Waals surface area contributed by atoms with Gasteiger partial charge in [-0.1, -0.05) is 35.8 Å². The van der Waals surface area contributed by atoms with Crippen LogP contribution in [0.15, 0.2) is 17.5 Å². The van der Waals surface area contributed by atoms with Crippen LogP contribution in [0.25, 0.3) is 0 Å². The van der Waals surface area contributed by atoms with Gasteiger partial charge in [-0.25, -0.2) is 0 Å². The van der Waals surface area contributed by atoms with Gasteiger partial charge >= 0.3 is 0 Å². The Morgan fingerprint density at radius 3 is 2.71 bits per heavy atom. The highest BCUT2D eigenvalue weighted by Gasteiger charge is 2.31. The molecule has 1 aliphatic rings. The molecule has 96 valence electrons. The lowest BCUT2D eigenvalue weighted by Crippen LogP contribution is -2.33. The lowest BCUT2D eigenvalue weighted by molar-refractivity contribution is 0.200. The highest BCUT2D eigenvalue weighted by molar-refractivity contribution is 9.09. The maximum atomic E-state index is 3.67. The fraction of sp³-hybridized carbons (Fsp3) is 0.714. The van der Waals surface area contributed by atoms with Crippen LogP contribution >= 0.6 is 27.3 Å². The third kappa shape index (κ3) is 4.08. The highest BCUT2D eigenvalue weighted by Crippen LogP contribution is 2.31. The number of halogens is 1. The van der Waals surface area contributed by atoms with Crippen LogP contribution in [0.5, 0.6) is 0 Å². The van der Waals surface area contributed by atoms with E-state index in [2.05, 4.69) is 52.2 Å². The smallest absolute Gasteiger partial charge is 0.0330 e. The van der Waals surface area contributed by atoms with Gasteiger partial charge in [0.2, 0.25) is 0 Å². The minimum atomic E-state index is 0.763. The van der Waals surface area contributed by atoms with Crippen LogP contribution in [-0.2, 0) is 6.54 Å². The van der Waals surface area contributed by atoms with E-state index in [0.29, 0.717) is 0 Å². The van der Waals surface area contributed by atoms with Crippen LogP contribution in [0.1, 0.15) is 31.6 Å². The molecule has 17 heavy (non-hydrogen) atoms. The molecule has 0 saturated heterocycles. The van der Waals surface area contributed by atoms with Gasteiger partial charge in [0.15, 0.2) is 0 Å². The van der Waals surface area contributed by atoms with Crippen molar-refractivity contribution in [2.45, 2.75) is 39.3 Å². The normalized spacial score (nSPS) is 17.9. The average Bonchev–Trinajstić information content (AvgIpc) is 3.02. The molecule has 3 heteroatoms. The molecular formula is C14H22BrNS. The summed E-state index contributed by atoms with van der Waals surface area (Å²) in [5.74, 6) is 1.54. The molecule has 0 N–H and O–H groups in total. The fourth-order valence-electron chi connectivity index (χ4n) is 2.12. The Kier molecular flexibility index (Phi) is 5.07. The van der Waals surface area contributed by atoms with E-state index in [1.54, 1.807) is 0 Å². The van der Waals surface area contributed by atoms with E-state index in [0.717, 1.165) is 29.8 Å². The summed E-state index contributed by atoms with van der Waals surface area (Å²) < 4.78 is 0. The lowest BCUT2D eigenvalue weighted by atomic mass is 9.97. The second-order valence-corrected chi connectivity index (χ2v) is 7.08. The molecule has 1 fully saturated rings. The largest absolute Gasteiger partial charge is 0.295 e. The third-order valence-corrected chi connectivity index (χ3v) is 5.31. The summed E-state index contributed by atoms with van der Waals surface area (Å²) in [6.45, 7) is 7.06. The van der Waals surface area contributed by atoms with E-state index in [9.17, 15) is 0 Å². The molecule has 1 heterocycles. The second-order valence-electron chi connectivity index (χ2n) is 5.40. The number of rotatable bonds is 7. The van der Waals surface area contributed by atoms with Gasteiger partial charge in [-0.3, -0.25) is 4.90 Å². The van der Waals surface area contributed by atoms with Crippen LogP contribution in [0.2, 0.25) is 0 Å². The van der Waals surface area contributed by atoms with Gasteiger partial charge in [0.05, 0.1) is 0 Å². The summed E-state index contributed by atoms with van der Waals surface area (Å²) in [5.41, 5.74) is 0. The Balaban J connectivity index is 1.92. The maximum Gasteiger partial charge on any atom is 0.0330 e. The number of hydrogen-bond donors (Lipinski definition) is 0. The third-order valence-electron chi connectivity index (χ3n) is 3.61. The van der Waals surface area contributed by atoms with Gasteiger partial charge in [-0.05, 0) is 36.1 Å².